The topological polar surface area (TPSA) is 79.5 Å². The molecule has 0 bridgehead atoms. The number of pyridine rings is 1. The molecule has 2 fully saturated rings. The Bertz CT molecular complexity index is 795. The normalized spacial score (nSPS) is 28.4. The van der Waals surface area contributed by atoms with Crippen LogP contribution in [0, 0.1) is 5.92 Å². The Kier molecular flexibility index (Phi) is 4.41. The van der Waals surface area contributed by atoms with Crippen LogP contribution in [-0.2, 0) is 5.60 Å². The zero-order valence-electron chi connectivity index (χ0n) is 14.8. The van der Waals surface area contributed by atoms with Gasteiger partial charge in [0.15, 0.2) is 0 Å². The Morgan fingerprint density at radius 2 is 1.88 bits per heavy atom. The molecule has 2 aromatic rings. The number of rotatable bonds is 2. The lowest BCUT2D eigenvalue weighted by molar-refractivity contribution is -0.110. The number of amides is 1. The summed E-state index contributed by atoms with van der Waals surface area (Å²) in [6.07, 6.45) is 4.58. The molecule has 2 aliphatic rings. The summed E-state index contributed by atoms with van der Waals surface area (Å²) in [7, 11) is 0. The molecule has 1 aromatic heterocycles. The first-order valence-electron chi connectivity index (χ1n) is 9.41. The molecule has 1 aliphatic heterocycles. The quantitative estimate of drug-likeness (QED) is 0.872. The Labute approximate surface area is 153 Å². The number of hydrogen-bond acceptors (Lipinski definition) is 4. The zero-order chi connectivity index (χ0) is 18.1. The van der Waals surface area contributed by atoms with E-state index in [1.165, 1.54) is 0 Å². The number of nitrogens with zero attached hydrogens (tertiary/aromatic N) is 2. The molecule has 5 heteroatoms. The van der Waals surface area contributed by atoms with Crippen LogP contribution in [0.4, 0.5) is 5.82 Å². The highest BCUT2D eigenvalue weighted by Gasteiger charge is 2.50. The minimum atomic E-state index is -0.869. The van der Waals surface area contributed by atoms with Crippen LogP contribution in [0.1, 0.15) is 48.2 Å². The van der Waals surface area contributed by atoms with Gasteiger partial charge in [0.1, 0.15) is 11.5 Å². The SMILES string of the molecule is Nc1cccc(C(=O)N2CC[C@](O)(c3ccccc3)[C@@H]3CCCC[C@H]32)n1. The molecule has 4 rings (SSSR count). The van der Waals surface area contributed by atoms with Crippen molar-refractivity contribution in [3.05, 3.63) is 59.8 Å². The molecule has 0 radical (unpaired) electrons. The lowest BCUT2D eigenvalue weighted by Crippen LogP contribution is -2.59. The molecule has 1 saturated carbocycles. The highest BCUT2D eigenvalue weighted by Crippen LogP contribution is 2.47. The third-order valence-corrected chi connectivity index (χ3v) is 6.00. The summed E-state index contributed by atoms with van der Waals surface area (Å²) in [5, 5.41) is 11.6. The van der Waals surface area contributed by atoms with Crippen LogP contribution in [0.5, 0.6) is 0 Å². The predicted octanol–water partition coefficient (Wildman–Crippen LogP) is 2.96. The molecule has 1 amide bonds. The van der Waals surface area contributed by atoms with E-state index in [9.17, 15) is 9.90 Å². The van der Waals surface area contributed by atoms with Gasteiger partial charge in [-0.1, -0.05) is 49.2 Å². The molecular weight excluding hydrogens is 326 g/mol. The smallest absolute Gasteiger partial charge is 0.272 e. The lowest BCUT2D eigenvalue weighted by Gasteiger charge is -2.52. The molecular formula is C21H25N3O2. The maximum Gasteiger partial charge on any atom is 0.272 e. The minimum Gasteiger partial charge on any atom is -0.385 e. The summed E-state index contributed by atoms with van der Waals surface area (Å²) in [5.74, 6) is 0.329. The van der Waals surface area contributed by atoms with Crippen LogP contribution in [0.15, 0.2) is 48.5 Å². The fraction of sp³-hybridized carbons (Fsp3) is 0.429. The molecule has 1 saturated heterocycles. The Hall–Kier alpha value is -2.40. The number of benzene rings is 1. The number of likely N-dealkylation sites (tertiary alicyclic amines) is 1. The van der Waals surface area contributed by atoms with Crippen LogP contribution in [0.3, 0.4) is 0 Å². The number of aliphatic hydroxyl groups is 1. The van der Waals surface area contributed by atoms with Crippen molar-refractivity contribution >= 4 is 11.7 Å². The third-order valence-electron chi connectivity index (χ3n) is 6.00. The molecule has 1 aromatic carbocycles. The molecule has 0 unspecified atom stereocenters. The molecule has 3 N–H and O–H groups in total. The van der Waals surface area contributed by atoms with Crippen LogP contribution < -0.4 is 5.73 Å². The van der Waals surface area contributed by atoms with Gasteiger partial charge in [-0.05, 0) is 37.0 Å². The number of fused-ring (bicyclic) bond motifs is 1. The maximum absolute atomic E-state index is 13.1. The number of piperidine rings is 1. The van der Waals surface area contributed by atoms with Gasteiger partial charge in [-0.3, -0.25) is 4.79 Å². The van der Waals surface area contributed by atoms with E-state index in [0.717, 1.165) is 31.2 Å². The summed E-state index contributed by atoms with van der Waals surface area (Å²) >= 11 is 0. The largest absolute Gasteiger partial charge is 0.385 e. The van der Waals surface area contributed by atoms with Gasteiger partial charge in [-0.2, -0.15) is 0 Å². The average molecular weight is 351 g/mol. The summed E-state index contributed by atoms with van der Waals surface area (Å²) in [5.41, 5.74) is 6.24. The molecule has 136 valence electrons. The molecule has 3 atom stereocenters. The van der Waals surface area contributed by atoms with Gasteiger partial charge in [-0.15, -0.1) is 0 Å². The van der Waals surface area contributed by atoms with Gasteiger partial charge in [0.25, 0.3) is 5.91 Å². The van der Waals surface area contributed by atoms with Gasteiger partial charge >= 0.3 is 0 Å². The van der Waals surface area contributed by atoms with E-state index >= 15 is 0 Å². The highest BCUT2D eigenvalue weighted by molar-refractivity contribution is 5.93. The predicted molar refractivity (Wildman–Crippen MR) is 100 cm³/mol. The summed E-state index contributed by atoms with van der Waals surface area (Å²) in [4.78, 5) is 19.2. The first-order valence-corrected chi connectivity index (χ1v) is 9.41. The number of hydrogen-bond donors (Lipinski definition) is 2. The van der Waals surface area contributed by atoms with E-state index < -0.39 is 5.60 Å². The van der Waals surface area contributed by atoms with Crippen molar-refractivity contribution in [1.29, 1.82) is 0 Å². The monoisotopic (exact) mass is 351 g/mol. The Balaban J connectivity index is 1.66. The van der Waals surface area contributed by atoms with Crippen LogP contribution >= 0.6 is 0 Å². The minimum absolute atomic E-state index is 0.0402. The van der Waals surface area contributed by atoms with Crippen LogP contribution in [0.25, 0.3) is 0 Å². The summed E-state index contributed by atoms with van der Waals surface area (Å²) < 4.78 is 0. The van der Waals surface area contributed by atoms with Gasteiger partial charge in [0, 0.05) is 18.5 Å². The molecule has 0 spiro atoms. The van der Waals surface area contributed by atoms with Crippen molar-refractivity contribution in [3.8, 4) is 0 Å². The fourth-order valence-electron chi connectivity index (χ4n) is 4.74. The fourth-order valence-corrected chi connectivity index (χ4v) is 4.74. The van der Waals surface area contributed by atoms with Crippen LogP contribution in [0.2, 0.25) is 0 Å². The second-order valence-corrected chi connectivity index (χ2v) is 7.44. The van der Waals surface area contributed by atoms with Gasteiger partial charge < -0.3 is 15.7 Å². The second-order valence-electron chi connectivity index (χ2n) is 7.44. The number of nitrogen functional groups attached to an aromatic ring is 1. The number of nitrogens with two attached hydrogens (primary N) is 1. The number of aromatic nitrogens is 1. The van der Waals surface area contributed by atoms with E-state index in [0.29, 0.717) is 24.5 Å². The van der Waals surface area contributed by atoms with E-state index in [1.807, 2.05) is 35.2 Å². The number of anilines is 1. The first-order chi connectivity index (χ1) is 12.6. The number of carbonyl (C=O) groups is 1. The van der Waals surface area contributed by atoms with Crippen molar-refractivity contribution in [2.45, 2.75) is 43.7 Å². The van der Waals surface area contributed by atoms with Gasteiger partial charge in [-0.25, -0.2) is 4.98 Å². The number of carbonyl (C=O) groups excluding carboxylic acids is 1. The van der Waals surface area contributed by atoms with Crippen molar-refractivity contribution in [2.24, 2.45) is 5.92 Å². The van der Waals surface area contributed by atoms with E-state index in [4.69, 9.17) is 5.73 Å². The van der Waals surface area contributed by atoms with E-state index in [1.54, 1.807) is 18.2 Å². The van der Waals surface area contributed by atoms with E-state index in [-0.39, 0.29) is 17.9 Å². The Morgan fingerprint density at radius 1 is 1.12 bits per heavy atom. The molecule has 26 heavy (non-hydrogen) atoms. The lowest BCUT2D eigenvalue weighted by atomic mass is 9.66. The van der Waals surface area contributed by atoms with E-state index in [2.05, 4.69) is 4.98 Å². The first kappa shape index (κ1) is 17.0. The summed E-state index contributed by atoms with van der Waals surface area (Å²) in [6.45, 7) is 0.530. The van der Waals surface area contributed by atoms with Crippen molar-refractivity contribution in [2.75, 3.05) is 12.3 Å². The molecule has 5 nitrogen and oxygen atoms in total. The zero-order valence-corrected chi connectivity index (χ0v) is 14.8. The molecule has 1 aliphatic carbocycles. The highest BCUT2D eigenvalue weighted by atomic mass is 16.3. The van der Waals surface area contributed by atoms with Crippen molar-refractivity contribution in [1.82, 2.24) is 9.88 Å². The van der Waals surface area contributed by atoms with Gasteiger partial charge in [0.2, 0.25) is 0 Å². The molecule has 2 heterocycles. The third kappa shape index (κ3) is 2.86. The summed E-state index contributed by atoms with van der Waals surface area (Å²) in [6, 6.07) is 15.1. The van der Waals surface area contributed by atoms with Crippen molar-refractivity contribution in [3.63, 3.8) is 0 Å². The van der Waals surface area contributed by atoms with Crippen LogP contribution in [-0.4, -0.2) is 33.5 Å². The van der Waals surface area contributed by atoms with Crippen molar-refractivity contribution < 1.29 is 9.90 Å². The average Bonchev–Trinajstić information content (AvgIpc) is 2.69. The van der Waals surface area contributed by atoms with Gasteiger partial charge in [0.05, 0.1) is 5.60 Å². The standard InChI is InChI=1S/C21H25N3O2/c22-19-12-6-10-17(23-19)20(25)24-14-13-21(26,15-7-2-1-3-8-15)16-9-4-5-11-18(16)24/h1-3,6-8,10,12,16,18,26H,4-5,9,11,13-14H2,(H2,22,23)/t16-,18-,21+/m1/s1. The maximum atomic E-state index is 13.1. The Morgan fingerprint density at radius 3 is 2.65 bits per heavy atom. The second kappa shape index (κ2) is 6.72.